The number of methoxy groups -OCH3 is 1. The molecule has 0 atom stereocenters. The standard InChI is InChI=1S/C17H20N4O2/c1-12-3-5-13(6-4-12)11-23-15-8-7-14(9-16(15)22-2)10-20-21-17(18)19/h3-10H,11H2,1-2H3,(H4,18,19,21)/b20-10+. The Kier molecular flexibility index (Phi) is 5.57. The van der Waals surface area contributed by atoms with Crippen molar-refractivity contribution in [2.45, 2.75) is 13.5 Å². The van der Waals surface area contributed by atoms with Crippen molar-refractivity contribution in [3.8, 4) is 11.5 Å². The van der Waals surface area contributed by atoms with E-state index in [1.165, 1.54) is 11.8 Å². The van der Waals surface area contributed by atoms with E-state index in [4.69, 9.17) is 20.9 Å². The van der Waals surface area contributed by atoms with Gasteiger partial charge in [-0.25, -0.2) is 0 Å². The number of benzene rings is 2. The molecule has 0 fully saturated rings. The number of nitrogens with two attached hydrogens (primary N) is 2. The Morgan fingerprint density at radius 2 is 1.83 bits per heavy atom. The normalized spacial score (nSPS) is 10.5. The highest BCUT2D eigenvalue weighted by atomic mass is 16.5. The lowest BCUT2D eigenvalue weighted by Crippen LogP contribution is -2.21. The molecule has 120 valence electrons. The van der Waals surface area contributed by atoms with E-state index in [-0.39, 0.29) is 5.96 Å². The monoisotopic (exact) mass is 312 g/mol. The fraction of sp³-hybridized carbons (Fsp3) is 0.176. The second-order valence-corrected chi connectivity index (χ2v) is 4.95. The molecule has 0 aromatic heterocycles. The van der Waals surface area contributed by atoms with Gasteiger partial charge in [-0.15, -0.1) is 5.10 Å². The maximum atomic E-state index is 5.81. The van der Waals surface area contributed by atoms with E-state index in [0.717, 1.165) is 11.1 Å². The minimum atomic E-state index is -0.0914. The molecular formula is C17H20N4O2. The van der Waals surface area contributed by atoms with Gasteiger partial charge in [-0.2, -0.15) is 5.10 Å². The van der Waals surface area contributed by atoms with Crippen molar-refractivity contribution >= 4 is 12.2 Å². The Morgan fingerprint density at radius 3 is 2.48 bits per heavy atom. The van der Waals surface area contributed by atoms with Crippen LogP contribution in [0, 0.1) is 6.92 Å². The predicted molar refractivity (Wildman–Crippen MR) is 91.9 cm³/mol. The van der Waals surface area contributed by atoms with Crippen LogP contribution in [0.1, 0.15) is 16.7 Å². The summed E-state index contributed by atoms with van der Waals surface area (Å²) in [7, 11) is 1.59. The maximum absolute atomic E-state index is 5.81. The average Bonchev–Trinajstić information content (AvgIpc) is 2.54. The molecule has 0 heterocycles. The third kappa shape index (κ3) is 5.03. The summed E-state index contributed by atoms with van der Waals surface area (Å²) in [5, 5.41) is 7.32. The van der Waals surface area contributed by atoms with Gasteiger partial charge in [0, 0.05) is 0 Å². The second-order valence-electron chi connectivity index (χ2n) is 4.95. The number of rotatable bonds is 6. The Morgan fingerprint density at radius 1 is 1.09 bits per heavy atom. The first kappa shape index (κ1) is 16.4. The van der Waals surface area contributed by atoms with E-state index in [2.05, 4.69) is 29.3 Å². The van der Waals surface area contributed by atoms with E-state index in [1.807, 2.05) is 24.3 Å². The van der Waals surface area contributed by atoms with Gasteiger partial charge >= 0.3 is 0 Å². The minimum Gasteiger partial charge on any atom is -0.493 e. The topological polar surface area (TPSA) is 95.2 Å². The van der Waals surface area contributed by atoms with Crippen molar-refractivity contribution in [1.82, 2.24) is 0 Å². The number of hydrogen-bond acceptors (Lipinski definition) is 4. The summed E-state index contributed by atoms with van der Waals surface area (Å²) in [6.07, 6.45) is 1.53. The molecule has 0 unspecified atom stereocenters. The summed E-state index contributed by atoms with van der Waals surface area (Å²) >= 11 is 0. The van der Waals surface area contributed by atoms with E-state index in [0.29, 0.717) is 18.1 Å². The molecule has 4 N–H and O–H groups in total. The number of ether oxygens (including phenoxy) is 2. The van der Waals surface area contributed by atoms with Crippen molar-refractivity contribution < 1.29 is 9.47 Å². The summed E-state index contributed by atoms with van der Waals surface area (Å²) < 4.78 is 11.2. The lowest BCUT2D eigenvalue weighted by Gasteiger charge is -2.11. The van der Waals surface area contributed by atoms with Gasteiger partial charge in [0.2, 0.25) is 5.96 Å². The van der Waals surface area contributed by atoms with Gasteiger partial charge in [0.1, 0.15) is 6.61 Å². The van der Waals surface area contributed by atoms with E-state index in [9.17, 15) is 0 Å². The number of guanidine groups is 1. The van der Waals surface area contributed by atoms with Gasteiger partial charge in [0.15, 0.2) is 11.5 Å². The third-order valence-corrected chi connectivity index (χ3v) is 3.08. The number of hydrogen-bond donors (Lipinski definition) is 2. The van der Waals surface area contributed by atoms with E-state index in [1.54, 1.807) is 13.2 Å². The molecule has 2 rings (SSSR count). The van der Waals surface area contributed by atoms with E-state index < -0.39 is 0 Å². The molecule has 6 nitrogen and oxygen atoms in total. The van der Waals surface area contributed by atoms with Crippen molar-refractivity contribution in [2.24, 2.45) is 21.7 Å². The summed E-state index contributed by atoms with van der Waals surface area (Å²) in [5.74, 6) is 1.18. The molecule has 0 aliphatic rings. The van der Waals surface area contributed by atoms with Crippen molar-refractivity contribution in [3.05, 3.63) is 59.2 Å². The van der Waals surface area contributed by atoms with Crippen molar-refractivity contribution in [1.29, 1.82) is 0 Å². The van der Waals surface area contributed by atoms with Crippen molar-refractivity contribution in [3.63, 3.8) is 0 Å². The van der Waals surface area contributed by atoms with Crippen LogP contribution in [0.25, 0.3) is 0 Å². The smallest absolute Gasteiger partial charge is 0.211 e. The molecule has 2 aromatic carbocycles. The van der Waals surface area contributed by atoms with Crippen LogP contribution in [0.4, 0.5) is 0 Å². The highest BCUT2D eigenvalue weighted by molar-refractivity contribution is 5.82. The summed E-state index contributed by atoms with van der Waals surface area (Å²) in [6.45, 7) is 2.52. The predicted octanol–water partition coefficient (Wildman–Crippen LogP) is 2.19. The Hall–Kier alpha value is -3.02. The van der Waals surface area contributed by atoms with Crippen LogP contribution in [0.5, 0.6) is 11.5 Å². The van der Waals surface area contributed by atoms with Crippen LogP contribution >= 0.6 is 0 Å². The number of aryl methyl sites for hydroxylation is 1. The lowest BCUT2D eigenvalue weighted by molar-refractivity contribution is 0.284. The van der Waals surface area contributed by atoms with Crippen LogP contribution in [-0.4, -0.2) is 19.3 Å². The first-order valence-electron chi connectivity index (χ1n) is 7.07. The molecule has 0 saturated carbocycles. The zero-order chi connectivity index (χ0) is 16.7. The molecule has 0 aliphatic carbocycles. The minimum absolute atomic E-state index is 0.0914. The van der Waals surface area contributed by atoms with Crippen LogP contribution in [-0.2, 0) is 6.61 Å². The average molecular weight is 312 g/mol. The SMILES string of the molecule is COc1cc(/C=N/N=C(N)N)ccc1OCc1ccc(C)cc1. The van der Waals surface area contributed by atoms with Crippen LogP contribution in [0.3, 0.4) is 0 Å². The first-order valence-corrected chi connectivity index (χ1v) is 7.07. The van der Waals surface area contributed by atoms with Crippen molar-refractivity contribution in [2.75, 3.05) is 7.11 Å². The third-order valence-electron chi connectivity index (χ3n) is 3.08. The molecule has 6 heteroatoms. The van der Waals surface area contributed by atoms with E-state index >= 15 is 0 Å². The fourth-order valence-electron chi connectivity index (χ4n) is 1.89. The summed E-state index contributed by atoms with van der Waals surface area (Å²) in [6, 6.07) is 13.7. The van der Waals surface area contributed by atoms with Gasteiger partial charge in [0.05, 0.1) is 13.3 Å². The molecule has 0 bridgehead atoms. The largest absolute Gasteiger partial charge is 0.493 e. The fourth-order valence-corrected chi connectivity index (χ4v) is 1.89. The Bertz CT molecular complexity index is 705. The molecule has 2 aromatic rings. The zero-order valence-electron chi connectivity index (χ0n) is 13.2. The van der Waals surface area contributed by atoms with Crippen LogP contribution in [0.15, 0.2) is 52.7 Å². The second kappa shape index (κ2) is 7.84. The lowest BCUT2D eigenvalue weighted by atomic mass is 10.2. The van der Waals surface area contributed by atoms with Gasteiger partial charge in [-0.1, -0.05) is 29.8 Å². The highest BCUT2D eigenvalue weighted by Gasteiger charge is 2.05. The molecule has 0 radical (unpaired) electrons. The molecule has 0 saturated heterocycles. The van der Waals surface area contributed by atoms with Gasteiger partial charge < -0.3 is 20.9 Å². The molecular weight excluding hydrogens is 292 g/mol. The molecule has 0 spiro atoms. The summed E-state index contributed by atoms with van der Waals surface area (Å²) in [5.41, 5.74) is 13.5. The Balaban J connectivity index is 2.08. The highest BCUT2D eigenvalue weighted by Crippen LogP contribution is 2.28. The van der Waals surface area contributed by atoms with Gasteiger partial charge in [-0.05, 0) is 36.2 Å². The van der Waals surface area contributed by atoms with Gasteiger partial charge in [0.25, 0.3) is 0 Å². The first-order chi connectivity index (χ1) is 11.1. The van der Waals surface area contributed by atoms with Crippen LogP contribution in [0.2, 0.25) is 0 Å². The summed E-state index contributed by atoms with van der Waals surface area (Å²) in [4.78, 5) is 0. The molecule has 23 heavy (non-hydrogen) atoms. The quantitative estimate of drug-likeness (QED) is 0.485. The molecule has 0 amide bonds. The maximum Gasteiger partial charge on any atom is 0.211 e. The zero-order valence-corrected chi connectivity index (χ0v) is 13.2. The van der Waals surface area contributed by atoms with Crippen LogP contribution < -0.4 is 20.9 Å². The Labute approximate surface area is 135 Å². The van der Waals surface area contributed by atoms with Gasteiger partial charge in [-0.3, -0.25) is 0 Å². The number of nitrogens with zero attached hydrogens (tertiary/aromatic N) is 2. The molecule has 0 aliphatic heterocycles.